The first-order chi connectivity index (χ1) is 3.77. The fourth-order valence-corrected chi connectivity index (χ4v) is 0.368. The highest BCUT2D eigenvalue weighted by molar-refractivity contribution is 4.85. The molecule has 0 aliphatic rings. The van der Waals surface area contributed by atoms with Crippen molar-refractivity contribution in [2.24, 2.45) is 0 Å². The fourth-order valence-electron chi connectivity index (χ4n) is 0.368. The zero-order valence-electron chi connectivity index (χ0n) is 5.04. The first kappa shape index (κ1) is 7.66. The maximum absolute atomic E-state index is 8.61. The van der Waals surface area contributed by atoms with Gasteiger partial charge in [0.1, 0.15) is 0 Å². The zero-order valence-corrected chi connectivity index (χ0v) is 5.04. The van der Waals surface area contributed by atoms with Crippen LogP contribution in [0.15, 0.2) is 12.2 Å². The van der Waals surface area contributed by atoms with E-state index in [4.69, 9.17) is 10.2 Å². The van der Waals surface area contributed by atoms with Gasteiger partial charge in [-0.25, -0.2) is 0 Å². The second-order valence-electron chi connectivity index (χ2n) is 1.68. The van der Waals surface area contributed by atoms with Gasteiger partial charge in [0.15, 0.2) is 0 Å². The minimum absolute atomic E-state index is 0.156. The molecule has 0 saturated carbocycles. The van der Waals surface area contributed by atoms with Crippen molar-refractivity contribution in [3.8, 4) is 0 Å². The third kappa shape index (κ3) is 5.66. The van der Waals surface area contributed by atoms with Crippen LogP contribution in [0.3, 0.4) is 0 Å². The average molecular weight is 116 g/mol. The maximum atomic E-state index is 8.61. The molecular weight excluding hydrogens is 104 g/mol. The van der Waals surface area contributed by atoms with Crippen LogP contribution in [0.5, 0.6) is 0 Å². The Labute approximate surface area is 49.5 Å². The predicted molar refractivity (Wildman–Crippen MR) is 32.5 cm³/mol. The Balaban J connectivity index is 3.07. The van der Waals surface area contributed by atoms with Crippen LogP contribution in [0.4, 0.5) is 0 Å². The summed E-state index contributed by atoms with van der Waals surface area (Å²) in [5.74, 6) is 0. The van der Waals surface area contributed by atoms with Gasteiger partial charge in [0, 0.05) is 6.61 Å². The summed E-state index contributed by atoms with van der Waals surface area (Å²) >= 11 is 0. The molecule has 0 rings (SSSR count). The summed E-state index contributed by atoms with van der Waals surface area (Å²) in [6, 6.07) is 0. The average Bonchev–Trinajstić information content (AvgIpc) is 1.66. The molecule has 0 heterocycles. The van der Waals surface area contributed by atoms with Crippen LogP contribution in [0.2, 0.25) is 0 Å². The van der Waals surface area contributed by atoms with Gasteiger partial charge in [-0.1, -0.05) is 12.2 Å². The van der Waals surface area contributed by atoms with Crippen LogP contribution in [0.1, 0.15) is 13.3 Å². The van der Waals surface area contributed by atoms with Crippen LogP contribution in [0, 0.1) is 0 Å². The fraction of sp³-hybridized carbons (Fsp3) is 0.667. The van der Waals surface area contributed by atoms with E-state index in [9.17, 15) is 0 Å². The SMILES string of the molecule is C[C@@H](O)/C=C/CCO. The van der Waals surface area contributed by atoms with Crippen LogP contribution in [0.25, 0.3) is 0 Å². The van der Waals surface area contributed by atoms with E-state index in [0.717, 1.165) is 0 Å². The molecule has 2 heteroatoms. The van der Waals surface area contributed by atoms with Gasteiger partial charge in [0.2, 0.25) is 0 Å². The monoisotopic (exact) mass is 116 g/mol. The molecule has 0 aromatic rings. The lowest BCUT2D eigenvalue weighted by Gasteiger charge is -1.90. The molecule has 0 aliphatic heterocycles. The molecule has 48 valence electrons. The van der Waals surface area contributed by atoms with Crippen molar-refractivity contribution >= 4 is 0 Å². The lowest BCUT2D eigenvalue weighted by Crippen LogP contribution is -1.91. The first-order valence-corrected chi connectivity index (χ1v) is 2.73. The van der Waals surface area contributed by atoms with Crippen molar-refractivity contribution < 1.29 is 10.2 Å². The molecular formula is C6H12O2. The van der Waals surface area contributed by atoms with Crippen LogP contribution in [-0.2, 0) is 0 Å². The molecule has 8 heavy (non-hydrogen) atoms. The molecule has 2 nitrogen and oxygen atoms in total. The highest BCUT2D eigenvalue weighted by Gasteiger charge is 1.81. The number of hydrogen-bond acceptors (Lipinski definition) is 2. The topological polar surface area (TPSA) is 40.5 Å². The van der Waals surface area contributed by atoms with Gasteiger partial charge >= 0.3 is 0 Å². The summed E-state index contributed by atoms with van der Waals surface area (Å²) in [6.45, 7) is 1.83. The van der Waals surface area contributed by atoms with E-state index in [1.54, 1.807) is 19.1 Å². The molecule has 0 aromatic carbocycles. The molecule has 0 bridgehead atoms. The molecule has 0 saturated heterocycles. The molecule has 0 fully saturated rings. The normalized spacial score (nSPS) is 14.9. The molecule has 0 spiro atoms. The Morgan fingerprint density at radius 1 is 1.62 bits per heavy atom. The van der Waals surface area contributed by atoms with E-state index >= 15 is 0 Å². The summed E-state index contributed by atoms with van der Waals surface area (Å²) in [6.07, 6.45) is 3.65. The highest BCUT2D eigenvalue weighted by atomic mass is 16.3. The molecule has 2 N–H and O–H groups in total. The Morgan fingerprint density at radius 2 is 2.25 bits per heavy atom. The van der Waals surface area contributed by atoms with Crippen LogP contribution in [-0.4, -0.2) is 22.9 Å². The second kappa shape index (κ2) is 4.81. The lowest BCUT2D eigenvalue weighted by molar-refractivity contribution is 0.243. The van der Waals surface area contributed by atoms with Gasteiger partial charge < -0.3 is 10.2 Å². The van der Waals surface area contributed by atoms with Gasteiger partial charge in [-0.15, -0.1) is 0 Å². The summed E-state index contributed by atoms with van der Waals surface area (Å²) < 4.78 is 0. The summed E-state index contributed by atoms with van der Waals surface area (Å²) in [4.78, 5) is 0. The smallest absolute Gasteiger partial charge is 0.0692 e. The minimum atomic E-state index is -0.387. The van der Waals surface area contributed by atoms with E-state index < -0.39 is 0 Å². The second-order valence-corrected chi connectivity index (χ2v) is 1.68. The first-order valence-electron chi connectivity index (χ1n) is 2.73. The van der Waals surface area contributed by atoms with Crippen molar-refractivity contribution in [1.29, 1.82) is 0 Å². The van der Waals surface area contributed by atoms with Gasteiger partial charge in [0.05, 0.1) is 6.10 Å². The highest BCUT2D eigenvalue weighted by Crippen LogP contribution is 1.84. The number of aliphatic hydroxyl groups excluding tert-OH is 2. The predicted octanol–water partition coefficient (Wildman–Crippen LogP) is 0.306. The standard InChI is InChI=1S/C6H12O2/c1-6(8)4-2-3-5-7/h2,4,6-8H,3,5H2,1H3/b4-2+/t6-/m1/s1. The number of aliphatic hydroxyl groups is 2. The largest absolute Gasteiger partial charge is 0.396 e. The van der Waals surface area contributed by atoms with Crippen molar-refractivity contribution in [2.75, 3.05) is 6.61 Å². The third-order valence-corrected chi connectivity index (χ3v) is 0.710. The molecule has 0 aromatic heterocycles. The Kier molecular flexibility index (Phi) is 4.61. The van der Waals surface area contributed by atoms with Crippen molar-refractivity contribution in [2.45, 2.75) is 19.4 Å². The summed E-state index contributed by atoms with van der Waals surface area (Å²) in [5, 5.41) is 16.9. The Bertz CT molecular complexity index is 66.9. The van der Waals surface area contributed by atoms with E-state index in [0.29, 0.717) is 6.42 Å². The zero-order chi connectivity index (χ0) is 6.41. The van der Waals surface area contributed by atoms with E-state index in [1.807, 2.05) is 0 Å². The van der Waals surface area contributed by atoms with E-state index in [2.05, 4.69) is 0 Å². The Morgan fingerprint density at radius 3 is 2.62 bits per heavy atom. The quantitative estimate of drug-likeness (QED) is 0.521. The van der Waals surface area contributed by atoms with E-state index in [1.165, 1.54) is 0 Å². The van der Waals surface area contributed by atoms with Crippen LogP contribution >= 0.6 is 0 Å². The Hall–Kier alpha value is -0.340. The van der Waals surface area contributed by atoms with Gasteiger partial charge in [-0.05, 0) is 13.3 Å². The van der Waals surface area contributed by atoms with Crippen LogP contribution < -0.4 is 0 Å². The summed E-state index contributed by atoms with van der Waals surface area (Å²) in [5.41, 5.74) is 0. The molecule has 1 atom stereocenters. The van der Waals surface area contributed by atoms with Crippen molar-refractivity contribution in [1.82, 2.24) is 0 Å². The maximum Gasteiger partial charge on any atom is 0.0692 e. The third-order valence-electron chi connectivity index (χ3n) is 0.710. The van der Waals surface area contributed by atoms with Gasteiger partial charge in [0.25, 0.3) is 0 Å². The molecule has 0 unspecified atom stereocenters. The van der Waals surface area contributed by atoms with Crippen molar-refractivity contribution in [3.63, 3.8) is 0 Å². The lowest BCUT2D eigenvalue weighted by atomic mass is 10.3. The van der Waals surface area contributed by atoms with Crippen molar-refractivity contribution in [3.05, 3.63) is 12.2 Å². The molecule has 0 radical (unpaired) electrons. The van der Waals surface area contributed by atoms with Gasteiger partial charge in [-0.2, -0.15) is 0 Å². The number of rotatable bonds is 3. The van der Waals surface area contributed by atoms with Gasteiger partial charge in [-0.3, -0.25) is 0 Å². The molecule has 0 aliphatic carbocycles. The minimum Gasteiger partial charge on any atom is -0.396 e. The number of hydrogen-bond donors (Lipinski definition) is 2. The molecule has 0 amide bonds. The van der Waals surface area contributed by atoms with E-state index in [-0.39, 0.29) is 12.7 Å². The summed E-state index contributed by atoms with van der Waals surface area (Å²) in [7, 11) is 0.